The third kappa shape index (κ3) is 2.29. The Kier molecular flexibility index (Phi) is 3.18. The molecule has 0 spiro atoms. The molecule has 0 amide bonds. The first-order chi connectivity index (χ1) is 10.6. The molecular formula is C14H9Cl2N5S. The van der Waals surface area contributed by atoms with Gasteiger partial charge in [-0.2, -0.15) is 0 Å². The van der Waals surface area contributed by atoms with Gasteiger partial charge in [0.15, 0.2) is 10.8 Å². The number of pyridine rings is 1. The molecule has 1 aromatic carbocycles. The van der Waals surface area contributed by atoms with Crippen molar-refractivity contribution in [3.05, 3.63) is 46.3 Å². The Morgan fingerprint density at radius 3 is 2.86 bits per heavy atom. The van der Waals surface area contributed by atoms with Gasteiger partial charge in [-0.1, -0.05) is 40.6 Å². The van der Waals surface area contributed by atoms with Gasteiger partial charge in [0, 0.05) is 0 Å². The van der Waals surface area contributed by atoms with Gasteiger partial charge in [-0.3, -0.25) is 0 Å². The van der Waals surface area contributed by atoms with Crippen molar-refractivity contribution < 1.29 is 0 Å². The molecule has 2 N–H and O–H groups in total. The van der Waals surface area contributed by atoms with Gasteiger partial charge in [0.05, 0.1) is 28.1 Å². The van der Waals surface area contributed by atoms with Crippen molar-refractivity contribution in [1.29, 1.82) is 0 Å². The molecule has 22 heavy (non-hydrogen) atoms. The van der Waals surface area contributed by atoms with E-state index in [0.717, 1.165) is 21.3 Å². The molecular weight excluding hydrogens is 341 g/mol. The van der Waals surface area contributed by atoms with Crippen molar-refractivity contribution in [1.82, 2.24) is 19.5 Å². The summed E-state index contributed by atoms with van der Waals surface area (Å²) < 4.78 is 3.00. The van der Waals surface area contributed by atoms with Crippen LogP contribution in [-0.4, -0.2) is 19.5 Å². The highest BCUT2D eigenvalue weighted by Gasteiger charge is 2.10. The molecule has 4 rings (SSSR count). The molecule has 8 heteroatoms. The third-order valence-electron chi connectivity index (χ3n) is 3.32. The van der Waals surface area contributed by atoms with Crippen LogP contribution in [0.1, 0.15) is 5.56 Å². The number of imidazole rings is 1. The quantitative estimate of drug-likeness (QED) is 0.555. The first kappa shape index (κ1) is 13.8. The SMILES string of the molecule is Nc1nc2ccc(Cn3cnc4cc(Cl)c(Cl)nc43)cc2s1. The molecule has 0 aliphatic carbocycles. The van der Waals surface area contributed by atoms with Crippen molar-refractivity contribution in [2.24, 2.45) is 0 Å². The predicted octanol–water partition coefficient (Wildman–Crippen LogP) is 3.98. The smallest absolute Gasteiger partial charge is 0.181 e. The summed E-state index contributed by atoms with van der Waals surface area (Å²) in [4.78, 5) is 12.9. The summed E-state index contributed by atoms with van der Waals surface area (Å²) in [7, 11) is 0. The number of anilines is 1. The zero-order valence-electron chi connectivity index (χ0n) is 11.1. The second kappa shape index (κ2) is 5.08. The van der Waals surface area contributed by atoms with Crippen molar-refractivity contribution in [2.45, 2.75) is 6.54 Å². The van der Waals surface area contributed by atoms with Crippen molar-refractivity contribution in [3.63, 3.8) is 0 Å². The van der Waals surface area contributed by atoms with Gasteiger partial charge in [0.2, 0.25) is 0 Å². The lowest BCUT2D eigenvalue weighted by molar-refractivity contribution is 0.815. The second-order valence-electron chi connectivity index (χ2n) is 4.83. The van der Waals surface area contributed by atoms with Gasteiger partial charge >= 0.3 is 0 Å². The first-order valence-electron chi connectivity index (χ1n) is 6.42. The van der Waals surface area contributed by atoms with E-state index in [-0.39, 0.29) is 5.15 Å². The molecule has 0 aliphatic heterocycles. The minimum absolute atomic E-state index is 0.279. The highest BCUT2D eigenvalue weighted by atomic mass is 35.5. The van der Waals surface area contributed by atoms with Gasteiger partial charge in [-0.05, 0) is 23.8 Å². The van der Waals surface area contributed by atoms with E-state index in [1.54, 1.807) is 12.4 Å². The molecule has 0 radical (unpaired) electrons. The summed E-state index contributed by atoms with van der Waals surface area (Å²) in [6.45, 7) is 0.634. The fraction of sp³-hybridized carbons (Fsp3) is 0.0714. The number of thiazole rings is 1. The van der Waals surface area contributed by atoms with Crippen LogP contribution in [0.15, 0.2) is 30.6 Å². The van der Waals surface area contributed by atoms with Crippen molar-refractivity contribution in [2.75, 3.05) is 5.73 Å². The minimum atomic E-state index is 0.279. The Bertz CT molecular complexity index is 1010. The zero-order valence-corrected chi connectivity index (χ0v) is 13.5. The number of rotatable bonds is 2. The maximum atomic E-state index is 6.00. The number of halogens is 2. The molecule has 0 saturated carbocycles. The fourth-order valence-corrected chi connectivity index (χ4v) is 3.42. The Balaban J connectivity index is 1.76. The summed E-state index contributed by atoms with van der Waals surface area (Å²) in [5.41, 5.74) is 9.19. The Morgan fingerprint density at radius 2 is 2.00 bits per heavy atom. The van der Waals surface area contributed by atoms with E-state index in [1.165, 1.54) is 11.3 Å². The van der Waals surface area contributed by atoms with E-state index < -0.39 is 0 Å². The van der Waals surface area contributed by atoms with Crippen LogP contribution in [0.25, 0.3) is 21.4 Å². The maximum Gasteiger partial charge on any atom is 0.181 e. The number of hydrogen-bond donors (Lipinski definition) is 1. The number of nitrogens with two attached hydrogens (primary N) is 1. The van der Waals surface area contributed by atoms with Gasteiger partial charge in [0.1, 0.15) is 10.7 Å². The number of fused-ring (bicyclic) bond motifs is 2. The zero-order chi connectivity index (χ0) is 15.3. The molecule has 3 heterocycles. The number of hydrogen-bond acceptors (Lipinski definition) is 5. The monoisotopic (exact) mass is 349 g/mol. The number of benzene rings is 1. The summed E-state index contributed by atoms with van der Waals surface area (Å²) in [5.74, 6) is 0. The lowest BCUT2D eigenvalue weighted by Gasteiger charge is -2.04. The van der Waals surface area contributed by atoms with Gasteiger partial charge in [-0.15, -0.1) is 0 Å². The van der Waals surface area contributed by atoms with Crippen molar-refractivity contribution in [3.8, 4) is 0 Å². The second-order valence-corrected chi connectivity index (χ2v) is 6.66. The molecule has 5 nitrogen and oxygen atoms in total. The van der Waals surface area contributed by atoms with Crippen LogP contribution in [-0.2, 0) is 6.54 Å². The number of nitrogen functional groups attached to an aromatic ring is 1. The van der Waals surface area contributed by atoms with E-state index in [2.05, 4.69) is 21.0 Å². The van der Waals surface area contributed by atoms with E-state index in [9.17, 15) is 0 Å². The van der Waals surface area contributed by atoms with E-state index >= 15 is 0 Å². The van der Waals surface area contributed by atoms with Crippen LogP contribution in [0.2, 0.25) is 10.2 Å². The Morgan fingerprint density at radius 1 is 1.14 bits per heavy atom. The molecule has 3 aromatic heterocycles. The van der Waals surface area contributed by atoms with E-state index in [4.69, 9.17) is 28.9 Å². The molecule has 0 unspecified atom stereocenters. The number of aromatic nitrogens is 4. The van der Waals surface area contributed by atoms with E-state index in [1.807, 2.05) is 16.7 Å². The Hall–Kier alpha value is -1.89. The highest BCUT2D eigenvalue weighted by Crippen LogP contribution is 2.26. The molecule has 0 atom stereocenters. The third-order valence-corrected chi connectivity index (χ3v) is 4.84. The van der Waals surface area contributed by atoms with Gasteiger partial charge < -0.3 is 10.3 Å². The largest absolute Gasteiger partial charge is 0.375 e. The summed E-state index contributed by atoms with van der Waals surface area (Å²) >= 11 is 13.4. The average molecular weight is 350 g/mol. The fourth-order valence-electron chi connectivity index (χ4n) is 2.34. The minimum Gasteiger partial charge on any atom is -0.375 e. The van der Waals surface area contributed by atoms with Crippen LogP contribution >= 0.6 is 34.5 Å². The lowest BCUT2D eigenvalue weighted by atomic mass is 10.2. The molecule has 0 bridgehead atoms. The van der Waals surface area contributed by atoms with E-state index in [0.29, 0.717) is 22.3 Å². The van der Waals surface area contributed by atoms with Crippen LogP contribution in [0.5, 0.6) is 0 Å². The summed E-state index contributed by atoms with van der Waals surface area (Å²) in [6.07, 6.45) is 1.73. The van der Waals surface area contributed by atoms with Gasteiger partial charge in [0.25, 0.3) is 0 Å². The summed E-state index contributed by atoms with van der Waals surface area (Å²) in [6, 6.07) is 7.78. The Labute approximate surface area is 139 Å². The average Bonchev–Trinajstić information content (AvgIpc) is 3.02. The molecule has 110 valence electrons. The van der Waals surface area contributed by atoms with Crippen LogP contribution in [0, 0.1) is 0 Å². The van der Waals surface area contributed by atoms with Gasteiger partial charge in [-0.25, -0.2) is 15.0 Å². The van der Waals surface area contributed by atoms with Crippen LogP contribution < -0.4 is 5.73 Å². The molecule has 4 aromatic rings. The highest BCUT2D eigenvalue weighted by molar-refractivity contribution is 7.22. The number of nitrogens with zero attached hydrogens (tertiary/aromatic N) is 4. The summed E-state index contributed by atoms with van der Waals surface area (Å²) in [5, 5.41) is 1.26. The van der Waals surface area contributed by atoms with Crippen molar-refractivity contribution >= 4 is 61.1 Å². The standard InChI is InChI=1S/C14H9Cl2N5S/c15-8-4-10-13(20-12(8)16)21(6-18-10)5-7-1-2-9-11(3-7)22-14(17)19-9/h1-4,6H,5H2,(H2,17,19). The molecule has 0 fully saturated rings. The first-order valence-corrected chi connectivity index (χ1v) is 7.99. The predicted molar refractivity (Wildman–Crippen MR) is 90.7 cm³/mol. The van der Waals surface area contributed by atoms with Crippen LogP contribution in [0.4, 0.5) is 5.13 Å². The maximum absolute atomic E-state index is 6.00. The topological polar surface area (TPSA) is 69.6 Å². The van der Waals surface area contributed by atoms with Crippen LogP contribution in [0.3, 0.4) is 0 Å². The lowest BCUT2D eigenvalue weighted by Crippen LogP contribution is -1.99. The molecule has 0 saturated heterocycles. The normalized spacial score (nSPS) is 11.5. The molecule has 0 aliphatic rings.